The van der Waals surface area contributed by atoms with Gasteiger partial charge >= 0.3 is 0 Å². The normalized spacial score (nSPS) is 12.4. The molecule has 0 aliphatic heterocycles. The highest BCUT2D eigenvalue weighted by Crippen LogP contribution is 2.29. The average Bonchev–Trinajstić information content (AvgIpc) is 2.35. The molecule has 0 spiro atoms. The predicted octanol–water partition coefficient (Wildman–Crippen LogP) is 5.48. The number of halogens is 2. The molecule has 0 nitrogen and oxygen atoms in total. The summed E-state index contributed by atoms with van der Waals surface area (Å²) in [6.45, 7) is 4.11. The lowest BCUT2D eigenvalue weighted by atomic mass is 10.00. The zero-order chi connectivity index (χ0) is 13.1. The van der Waals surface area contributed by atoms with Gasteiger partial charge in [0.1, 0.15) is 0 Å². The van der Waals surface area contributed by atoms with Gasteiger partial charge in [0.05, 0.1) is 5.38 Å². The highest BCUT2D eigenvalue weighted by Gasteiger charge is 2.11. The monoisotopic (exact) mass is 278 g/mol. The van der Waals surface area contributed by atoms with Crippen molar-refractivity contribution in [3.63, 3.8) is 0 Å². The van der Waals surface area contributed by atoms with Crippen molar-refractivity contribution in [1.29, 1.82) is 0 Å². The summed E-state index contributed by atoms with van der Waals surface area (Å²) in [7, 11) is 0. The van der Waals surface area contributed by atoms with E-state index in [1.54, 1.807) is 0 Å². The standard InChI is InChI=1S/C16H16Cl2/c1-11-5-3-4-6-13(11)9-16(18)14-8-7-12(2)15(17)10-14/h3-8,10,16H,9H2,1-2H3. The van der Waals surface area contributed by atoms with Gasteiger partial charge in [0.15, 0.2) is 0 Å². The summed E-state index contributed by atoms with van der Waals surface area (Å²) in [6.07, 6.45) is 0.827. The van der Waals surface area contributed by atoms with Crippen molar-refractivity contribution in [1.82, 2.24) is 0 Å². The Morgan fingerprint density at radius 1 is 1.00 bits per heavy atom. The van der Waals surface area contributed by atoms with Crippen LogP contribution in [0.3, 0.4) is 0 Å². The second-order valence-electron chi connectivity index (χ2n) is 4.61. The molecule has 0 radical (unpaired) electrons. The second kappa shape index (κ2) is 5.77. The first kappa shape index (κ1) is 13.5. The SMILES string of the molecule is Cc1ccc(C(Cl)Cc2ccccc2C)cc1Cl. The van der Waals surface area contributed by atoms with Gasteiger partial charge in [-0.25, -0.2) is 0 Å². The zero-order valence-electron chi connectivity index (χ0n) is 10.6. The minimum absolute atomic E-state index is 0.0378. The number of hydrogen-bond acceptors (Lipinski definition) is 0. The van der Waals surface area contributed by atoms with Crippen LogP contribution in [0.1, 0.15) is 27.6 Å². The zero-order valence-corrected chi connectivity index (χ0v) is 12.1. The maximum atomic E-state index is 6.48. The van der Waals surface area contributed by atoms with Gasteiger partial charge in [-0.1, -0.05) is 48.0 Å². The van der Waals surface area contributed by atoms with Crippen molar-refractivity contribution < 1.29 is 0 Å². The molecule has 1 atom stereocenters. The molecule has 2 aromatic rings. The lowest BCUT2D eigenvalue weighted by Gasteiger charge is -2.13. The molecule has 94 valence electrons. The molecule has 0 bridgehead atoms. The van der Waals surface area contributed by atoms with Gasteiger partial charge < -0.3 is 0 Å². The molecule has 0 aromatic heterocycles. The minimum atomic E-state index is -0.0378. The van der Waals surface area contributed by atoms with E-state index in [1.165, 1.54) is 11.1 Å². The highest BCUT2D eigenvalue weighted by molar-refractivity contribution is 6.31. The van der Waals surface area contributed by atoms with E-state index in [1.807, 2.05) is 31.2 Å². The Labute approximate surface area is 119 Å². The van der Waals surface area contributed by atoms with Crippen molar-refractivity contribution in [3.05, 3.63) is 69.7 Å². The third-order valence-electron chi connectivity index (χ3n) is 3.22. The Bertz CT molecular complexity index is 547. The molecular formula is C16H16Cl2. The fraction of sp³-hybridized carbons (Fsp3) is 0.250. The van der Waals surface area contributed by atoms with Crippen LogP contribution < -0.4 is 0 Å². The molecule has 2 rings (SSSR count). The summed E-state index contributed by atoms with van der Waals surface area (Å²) in [5.74, 6) is 0. The molecule has 0 amide bonds. The fourth-order valence-electron chi connectivity index (χ4n) is 1.95. The van der Waals surface area contributed by atoms with Gasteiger partial charge in [-0.05, 0) is 48.6 Å². The largest absolute Gasteiger partial charge is 0.117 e. The van der Waals surface area contributed by atoms with Crippen LogP contribution in [0.15, 0.2) is 42.5 Å². The van der Waals surface area contributed by atoms with Crippen LogP contribution in [0, 0.1) is 13.8 Å². The number of hydrogen-bond donors (Lipinski definition) is 0. The first-order chi connectivity index (χ1) is 8.58. The summed E-state index contributed by atoms with van der Waals surface area (Å²) >= 11 is 12.6. The summed E-state index contributed by atoms with van der Waals surface area (Å²) in [5, 5.41) is 0.743. The molecule has 0 fully saturated rings. The van der Waals surface area contributed by atoms with E-state index in [0.717, 1.165) is 22.6 Å². The Balaban J connectivity index is 2.19. The lowest BCUT2D eigenvalue weighted by molar-refractivity contribution is 0.910. The first-order valence-corrected chi connectivity index (χ1v) is 6.84. The second-order valence-corrected chi connectivity index (χ2v) is 5.54. The Morgan fingerprint density at radius 3 is 2.39 bits per heavy atom. The third-order valence-corrected chi connectivity index (χ3v) is 4.03. The van der Waals surface area contributed by atoms with E-state index in [9.17, 15) is 0 Å². The van der Waals surface area contributed by atoms with Crippen molar-refractivity contribution in [2.45, 2.75) is 25.6 Å². The van der Waals surface area contributed by atoms with E-state index in [4.69, 9.17) is 23.2 Å². The Hall–Kier alpha value is -0.980. The maximum absolute atomic E-state index is 6.48. The third kappa shape index (κ3) is 3.07. The molecule has 0 N–H and O–H groups in total. The summed E-state index contributed by atoms with van der Waals surface area (Å²) in [4.78, 5) is 0. The fourth-order valence-corrected chi connectivity index (χ4v) is 2.44. The van der Waals surface area contributed by atoms with Crippen LogP contribution >= 0.6 is 23.2 Å². The van der Waals surface area contributed by atoms with Gasteiger partial charge in [0, 0.05) is 5.02 Å². The molecule has 2 heteroatoms. The first-order valence-electron chi connectivity index (χ1n) is 6.02. The Kier molecular flexibility index (Phi) is 4.31. The molecule has 0 saturated carbocycles. The van der Waals surface area contributed by atoms with Crippen LogP contribution in [0.2, 0.25) is 5.02 Å². The van der Waals surface area contributed by atoms with Gasteiger partial charge in [0.2, 0.25) is 0 Å². The predicted molar refractivity (Wildman–Crippen MR) is 79.7 cm³/mol. The molecule has 0 saturated heterocycles. The summed E-state index contributed by atoms with van der Waals surface area (Å²) in [6, 6.07) is 14.4. The summed E-state index contributed by atoms with van der Waals surface area (Å²) < 4.78 is 0. The van der Waals surface area contributed by atoms with Gasteiger partial charge in [-0.3, -0.25) is 0 Å². The topological polar surface area (TPSA) is 0 Å². The van der Waals surface area contributed by atoms with Gasteiger partial charge in [-0.15, -0.1) is 11.6 Å². The molecule has 2 aromatic carbocycles. The molecule has 1 unspecified atom stereocenters. The van der Waals surface area contributed by atoms with Crippen molar-refractivity contribution in [2.75, 3.05) is 0 Å². The van der Waals surface area contributed by atoms with Crippen molar-refractivity contribution in [3.8, 4) is 0 Å². The number of alkyl halides is 1. The smallest absolute Gasteiger partial charge is 0.0626 e. The quantitative estimate of drug-likeness (QED) is 0.653. The van der Waals surface area contributed by atoms with Crippen molar-refractivity contribution in [2.24, 2.45) is 0 Å². The number of rotatable bonds is 3. The van der Waals surface area contributed by atoms with Gasteiger partial charge in [-0.2, -0.15) is 0 Å². The molecular weight excluding hydrogens is 263 g/mol. The molecule has 0 aliphatic carbocycles. The molecule has 0 heterocycles. The van der Waals surface area contributed by atoms with Gasteiger partial charge in [0.25, 0.3) is 0 Å². The number of benzene rings is 2. The number of aryl methyl sites for hydroxylation is 2. The van der Waals surface area contributed by atoms with Crippen LogP contribution in [0.4, 0.5) is 0 Å². The van der Waals surface area contributed by atoms with E-state index in [-0.39, 0.29) is 5.38 Å². The Morgan fingerprint density at radius 2 is 1.72 bits per heavy atom. The summed E-state index contributed by atoms with van der Waals surface area (Å²) in [5.41, 5.74) is 4.73. The van der Waals surface area contributed by atoms with Crippen LogP contribution in [-0.2, 0) is 6.42 Å². The van der Waals surface area contributed by atoms with Crippen molar-refractivity contribution >= 4 is 23.2 Å². The lowest BCUT2D eigenvalue weighted by Crippen LogP contribution is -1.98. The average molecular weight is 279 g/mol. The van der Waals surface area contributed by atoms with Crippen LogP contribution in [0.25, 0.3) is 0 Å². The van der Waals surface area contributed by atoms with Crippen LogP contribution in [-0.4, -0.2) is 0 Å². The van der Waals surface area contributed by atoms with Crippen LogP contribution in [0.5, 0.6) is 0 Å². The van der Waals surface area contributed by atoms with E-state index in [2.05, 4.69) is 25.1 Å². The highest BCUT2D eigenvalue weighted by atomic mass is 35.5. The molecule has 18 heavy (non-hydrogen) atoms. The van der Waals surface area contributed by atoms with E-state index < -0.39 is 0 Å². The maximum Gasteiger partial charge on any atom is 0.0626 e. The minimum Gasteiger partial charge on any atom is -0.117 e. The molecule has 0 aliphatic rings. The van der Waals surface area contributed by atoms with E-state index in [0.29, 0.717) is 0 Å². The van der Waals surface area contributed by atoms with E-state index >= 15 is 0 Å².